The first-order valence-corrected chi connectivity index (χ1v) is 16.3. The van der Waals surface area contributed by atoms with Gasteiger partial charge in [-0.2, -0.15) is 0 Å². The van der Waals surface area contributed by atoms with Crippen molar-refractivity contribution in [3.05, 3.63) is 100 Å². The van der Waals surface area contributed by atoms with Gasteiger partial charge in [0.2, 0.25) is 21.8 Å². The second-order valence-electron chi connectivity index (χ2n) is 11.7. The van der Waals surface area contributed by atoms with E-state index in [2.05, 4.69) is 5.32 Å². The van der Waals surface area contributed by atoms with Crippen LogP contribution >= 0.6 is 11.6 Å². The minimum atomic E-state index is -3.63. The standard InChI is InChI=1S/C33H42ClN3O4S/c1-24-14-10-11-17-27(24)23-36(30(32(39)35-33(3,4)5)22-26-15-8-7-9-16-26)31(38)20-13-21-37(42(6,40)41)29-19-12-18-28(34)25(29)2/h7-12,14-19,30H,13,20-23H2,1-6H3,(H,35,39)/t30-/m1/s1. The molecule has 7 nitrogen and oxygen atoms in total. The van der Waals surface area contributed by atoms with Gasteiger partial charge in [0.15, 0.2) is 0 Å². The molecule has 0 aliphatic heterocycles. The molecule has 0 saturated heterocycles. The number of sulfonamides is 1. The molecule has 9 heteroatoms. The van der Waals surface area contributed by atoms with E-state index in [9.17, 15) is 18.0 Å². The number of carbonyl (C=O) groups excluding carboxylic acids is 2. The fourth-order valence-electron chi connectivity index (χ4n) is 4.83. The molecule has 0 bridgehead atoms. The van der Waals surface area contributed by atoms with E-state index in [0.29, 0.717) is 22.7 Å². The molecule has 3 aromatic rings. The summed E-state index contributed by atoms with van der Waals surface area (Å²) >= 11 is 6.28. The molecule has 42 heavy (non-hydrogen) atoms. The summed E-state index contributed by atoms with van der Waals surface area (Å²) in [6, 6.07) is 21.8. The van der Waals surface area contributed by atoms with E-state index >= 15 is 0 Å². The van der Waals surface area contributed by atoms with Crippen LogP contribution in [0.25, 0.3) is 0 Å². The molecule has 3 rings (SSSR count). The average molecular weight is 612 g/mol. The predicted octanol–water partition coefficient (Wildman–Crippen LogP) is 6.06. The second kappa shape index (κ2) is 14.2. The normalized spacial score (nSPS) is 12.5. The van der Waals surface area contributed by atoms with Crippen molar-refractivity contribution in [2.75, 3.05) is 17.1 Å². The van der Waals surface area contributed by atoms with E-state index in [1.807, 2.05) is 82.3 Å². The van der Waals surface area contributed by atoms with Gasteiger partial charge < -0.3 is 10.2 Å². The number of anilines is 1. The van der Waals surface area contributed by atoms with Crippen LogP contribution in [0.2, 0.25) is 5.02 Å². The number of nitrogens with one attached hydrogen (secondary N) is 1. The van der Waals surface area contributed by atoms with Gasteiger partial charge in [0, 0.05) is 36.5 Å². The van der Waals surface area contributed by atoms with Crippen molar-refractivity contribution in [3.8, 4) is 0 Å². The van der Waals surface area contributed by atoms with Crippen molar-refractivity contribution in [2.24, 2.45) is 0 Å². The zero-order chi connectivity index (χ0) is 31.1. The zero-order valence-electron chi connectivity index (χ0n) is 25.4. The molecule has 0 aliphatic carbocycles. The molecule has 226 valence electrons. The third kappa shape index (κ3) is 9.33. The second-order valence-corrected chi connectivity index (χ2v) is 14.0. The van der Waals surface area contributed by atoms with Crippen molar-refractivity contribution in [1.82, 2.24) is 10.2 Å². The molecule has 0 heterocycles. The highest BCUT2D eigenvalue weighted by molar-refractivity contribution is 7.92. The lowest BCUT2D eigenvalue weighted by Gasteiger charge is -2.34. The molecule has 1 N–H and O–H groups in total. The Labute approximate surface area is 255 Å². The average Bonchev–Trinajstić information content (AvgIpc) is 2.90. The summed E-state index contributed by atoms with van der Waals surface area (Å²) in [5.74, 6) is -0.458. The number of amides is 2. The van der Waals surface area contributed by atoms with E-state index in [-0.39, 0.29) is 37.7 Å². The molecule has 0 unspecified atom stereocenters. The fourth-order valence-corrected chi connectivity index (χ4v) is 6.01. The molecular weight excluding hydrogens is 570 g/mol. The third-order valence-corrected chi connectivity index (χ3v) is 8.62. The molecule has 0 saturated carbocycles. The number of nitrogens with zero attached hydrogens (tertiary/aromatic N) is 2. The Kier molecular flexibility index (Phi) is 11.2. The first-order chi connectivity index (χ1) is 19.7. The van der Waals surface area contributed by atoms with Gasteiger partial charge in [-0.25, -0.2) is 8.42 Å². The van der Waals surface area contributed by atoms with E-state index in [4.69, 9.17) is 11.6 Å². The van der Waals surface area contributed by atoms with Crippen molar-refractivity contribution in [2.45, 2.75) is 72.0 Å². The first kappa shape index (κ1) is 33.1. The lowest BCUT2D eigenvalue weighted by Crippen LogP contribution is -2.54. The Bertz CT molecular complexity index is 1490. The maximum atomic E-state index is 14.0. The largest absolute Gasteiger partial charge is 0.350 e. The Balaban J connectivity index is 1.93. The topological polar surface area (TPSA) is 86.8 Å². The number of hydrogen-bond acceptors (Lipinski definition) is 4. The zero-order valence-corrected chi connectivity index (χ0v) is 26.9. The van der Waals surface area contributed by atoms with Gasteiger partial charge in [-0.05, 0) is 75.4 Å². The number of aryl methyl sites for hydroxylation is 1. The Morgan fingerprint density at radius 1 is 0.929 bits per heavy atom. The summed E-state index contributed by atoms with van der Waals surface area (Å²) in [5.41, 5.74) is 3.55. The van der Waals surface area contributed by atoms with Crippen LogP contribution in [0.15, 0.2) is 72.8 Å². The molecule has 0 radical (unpaired) electrons. The Morgan fingerprint density at radius 3 is 2.19 bits per heavy atom. The number of halogens is 1. The summed E-state index contributed by atoms with van der Waals surface area (Å²) in [7, 11) is -3.63. The predicted molar refractivity (Wildman–Crippen MR) is 171 cm³/mol. The van der Waals surface area contributed by atoms with Crippen LogP contribution in [0.4, 0.5) is 5.69 Å². The van der Waals surface area contributed by atoms with Crippen LogP contribution in [0, 0.1) is 13.8 Å². The number of benzene rings is 3. The highest BCUT2D eigenvalue weighted by Gasteiger charge is 2.32. The van der Waals surface area contributed by atoms with E-state index in [0.717, 1.165) is 22.9 Å². The van der Waals surface area contributed by atoms with Gasteiger partial charge >= 0.3 is 0 Å². The Hall–Kier alpha value is -3.36. The minimum absolute atomic E-state index is 0.0611. The number of carbonyl (C=O) groups is 2. The van der Waals surface area contributed by atoms with Crippen LogP contribution in [-0.4, -0.2) is 49.5 Å². The molecule has 0 aromatic heterocycles. The molecule has 3 aromatic carbocycles. The molecule has 0 aliphatic rings. The summed E-state index contributed by atoms with van der Waals surface area (Å²) < 4.78 is 26.8. The number of hydrogen-bond donors (Lipinski definition) is 1. The van der Waals surface area contributed by atoms with E-state index in [1.54, 1.807) is 30.0 Å². The highest BCUT2D eigenvalue weighted by Crippen LogP contribution is 2.29. The quantitative estimate of drug-likeness (QED) is 0.270. The van der Waals surface area contributed by atoms with Crippen molar-refractivity contribution in [3.63, 3.8) is 0 Å². The molecule has 0 fully saturated rings. The lowest BCUT2D eigenvalue weighted by molar-refractivity contribution is -0.142. The van der Waals surface area contributed by atoms with Crippen LogP contribution in [0.1, 0.15) is 55.9 Å². The fraction of sp³-hybridized carbons (Fsp3) is 0.394. The van der Waals surface area contributed by atoms with Crippen LogP contribution in [0.5, 0.6) is 0 Å². The summed E-state index contributed by atoms with van der Waals surface area (Å²) in [5, 5.41) is 3.54. The first-order valence-electron chi connectivity index (χ1n) is 14.1. The molecule has 0 spiro atoms. The van der Waals surface area contributed by atoms with Gasteiger partial charge in [-0.15, -0.1) is 0 Å². The van der Waals surface area contributed by atoms with Gasteiger partial charge in [0.05, 0.1) is 11.9 Å². The van der Waals surface area contributed by atoms with Gasteiger partial charge in [-0.1, -0.05) is 72.3 Å². The van der Waals surface area contributed by atoms with Crippen LogP contribution in [0.3, 0.4) is 0 Å². The monoisotopic (exact) mass is 611 g/mol. The van der Waals surface area contributed by atoms with Crippen molar-refractivity contribution >= 4 is 39.1 Å². The van der Waals surface area contributed by atoms with Crippen molar-refractivity contribution in [1.29, 1.82) is 0 Å². The third-order valence-electron chi connectivity index (χ3n) is 7.03. The summed E-state index contributed by atoms with van der Waals surface area (Å²) in [4.78, 5) is 29.4. The molecule has 1 atom stereocenters. The van der Waals surface area contributed by atoms with Crippen LogP contribution in [-0.2, 0) is 32.6 Å². The minimum Gasteiger partial charge on any atom is -0.350 e. The number of rotatable bonds is 12. The van der Waals surface area contributed by atoms with E-state index in [1.165, 1.54) is 4.31 Å². The highest BCUT2D eigenvalue weighted by atomic mass is 35.5. The summed E-state index contributed by atoms with van der Waals surface area (Å²) in [6.07, 6.45) is 1.82. The van der Waals surface area contributed by atoms with Gasteiger partial charge in [-0.3, -0.25) is 13.9 Å². The molecular formula is C33H42ClN3O4S. The smallest absolute Gasteiger partial charge is 0.243 e. The van der Waals surface area contributed by atoms with Gasteiger partial charge in [0.25, 0.3) is 0 Å². The van der Waals surface area contributed by atoms with E-state index < -0.39 is 21.6 Å². The maximum Gasteiger partial charge on any atom is 0.243 e. The lowest BCUT2D eigenvalue weighted by atomic mass is 9.99. The summed E-state index contributed by atoms with van der Waals surface area (Å²) in [6.45, 7) is 9.84. The Morgan fingerprint density at radius 2 is 1.57 bits per heavy atom. The molecule has 2 amide bonds. The maximum absolute atomic E-state index is 14.0. The SMILES string of the molecule is Cc1ccccc1CN(C(=O)CCCN(c1cccc(Cl)c1C)S(C)(=O)=O)[C@H](Cc1ccccc1)C(=O)NC(C)(C)C. The van der Waals surface area contributed by atoms with Crippen LogP contribution < -0.4 is 9.62 Å². The van der Waals surface area contributed by atoms with Crippen molar-refractivity contribution < 1.29 is 18.0 Å². The van der Waals surface area contributed by atoms with Gasteiger partial charge in [0.1, 0.15) is 6.04 Å².